The molecule has 26 heavy (non-hydrogen) atoms. The molecule has 1 N–H and O–H groups in total. The summed E-state index contributed by atoms with van der Waals surface area (Å²) in [5.41, 5.74) is -0.121. The van der Waals surface area contributed by atoms with E-state index in [2.05, 4.69) is 36.0 Å². The molecule has 7 nitrogen and oxygen atoms in total. The van der Waals surface area contributed by atoms with E-state index in [0.717, 1.165) is 31.5 Å². The summed E-state index contributed by atoms with van der Waals surface area (Å²) >= 11 is 1.32. The number of carbonyl (C=O) groups is 1. The van der Waals surface area contributed by atoms with Crippen LogP contribution in [0.5, 0.6) is 0 Å². The van der Waals surface area contributed by atoms with E-state index in [-0.39, 0.29) is 40.7 Å². The van der Waals surface area contributed by atoms with Gasteiger partial charge < -0.3 is 4.90 Å². The second kappa shape index (κ2) is 7.50. The summed E-state index contributed by atoms with van der Waals surface area (Å²) in [6.45, 7) is 6.15. The Balaban J connectivity index is 1.67. The van der Waals surface area contributed by atoms with Crippen LogP contribution >= 0.6 is 11.8 Å². The first kappa shape index (κ1) is 19.7. The van der Waals surface area contributed by atoms with Crippen molar-refractivity contribution >= 4 is 27.5 Å². The number of amides is 1. The summed E-state index contributed by atoms with van der Waals surface area (Å²) in [6, 6.07) is 0.00663. The predicted molar refractivity (Wildman–Crippen MR) is 102 cm³/mol. The van der Waals surface area contributed by atoms with E-state index in [1.165, 1.54) is 11.8 Å². The van der Waals surface area contributed by atoms with Gasteiger partial charge in [0.2, 0.25) is 11.1 Å². The zero-order valence-corrected chi connectivity index (χ0v) is 17.3. The molecule has 0 bridgehead atoms. The van der Waals surface area contributed by atoms with E-state index in [9.17, 15) is 13.2 Å². The van der Waals surface area contributed by atoms with E-state index < -0.39 is 9.84 Å². The third-order valence-corrected chi connectivity index (χ3v) is 7.69. The van der Waals surface area contributed by atoms with Crippen LogP contribution in [0.3, 0.4) is 0 Å². The Bertz CT molecular complexity index is 748. The number of aromatic nitrogens is 3. The molecule has 1 saturated heterocycles. The first-order valence-electron chi connectivity index (χ1n) is 9.23. The fourth-order valence-electron chi connectivity index (χ4n) is 3.73. The summed E-state index contributed by atoms with van der Waals surface area (Å²) in [6.07, 6.45) is 4.72. The standard InChI is InChI=1S/C17H28N4O3S2/c1-17(2,3)15-18-16(20-19-15)25-10-14(22)21(12-6-4-5-7-12)13-8-9-26(23,24)11-13/h12-13H,4-11H2,1-3H3,(H,18,19,20). The normalized spacial score (nSPS) is 23.4. The first-order chi connectivity index (χ1) is 12.2. The molecule has 146 valence electrons. The third-order valence-electron chi connectivity index (χ3n) is 5.11. The lowest BCUT2D eigenvalue weighted by molar-refractivity contribution is -0.132. The molecule has 1 amide bonds. The molecule has 2 heterocycles. The number of rotatable bonds is 5. The van der Waals surface area contributed by atoms with Crippen molar-refractivity contribution in [3.8, 4) is 0 Å². The molecule has 1 atom stereocenters. The van der Waals surface area contributed by atoms with Crippen LogP contribution in [0.4, 0.5) is 0 Å². The lowest BCUT2D eigenvalue weighted by atomic mass is 9.96. The summed E-state index contributed by atoms with van der Waals surface area (Å²) in [7, 11) is -3.01. The highest BCUT2D eigenvalue weighted by molar-refractivity contribution is 7.99. The smallest absolute Gasteiger partial charge is 0.233 e. The van der Waals surface area contributed by atoms with Crippen molar-refractivity contribution < 1.29 is 13.2 Å². The number of carbonyl (C=O) groups excluding carboxylic acids is 1. The van der Waals surface area contributed by atoms with Crippen molar-refractivity contribution in [2.75, 3.05) is 17.3 Å². The molecule has 0 aromatic carbocycles. The molecular formula is C17H28N4O3S2. The minimum Gasteiger partial charge on any atom is -0.335 e. The molecule has 1 aromatic heterocycles. The number of aromatic amines is 1. The van der Waals surface area contributed by atoms with Gasteiger partial charge in [0.1, 0.15) is 5.82 Å². The molecule has 1 aliphatic heterocycles. The number of thioether (sulfide) groups is 1. The average molecular weight is 401 g/mol. The summed E-state index contributed by atoms with van der Waals surface area (Å²) in [4.78, 5) is 19.3. The van der Waals surface area contributed by atoms with Crippen molar-refractivity contribution in [2.45, 2.75) is 75.5 Å². The van der Waals surface area contributed by atoms with E-state index in [1.54, 1.807) is 0 Å². The van der Waals surface area contributed by atoms with Crippen LogP contribution in [0.2, 0.25) is 0 Å². The topological polar surface area (TPSA) is 96.0 Å². The SMILES string of the molecule is CC(C)(C)c1nc(SCC(=O)N(C2CCCC2)C2CCS(=O)(=O)C2)n[nH]1. The van der Waals surface area contributed by atoms with Gasteiger partial charge in [-0.15, -0.1) is 5.10 Å². The van der Waals surface area contributed by atoms with Gasteiger partial charge in [0.15, 0.2) is 9.84 Å². The number of H-pyrrole nitrogens is 1. The highest BCUT2D eigenvalue weighted by atomic mass is 32.2. The van der Waals surface area contributed by atoms with Gasteiger partial charge in [-0.1, -0.05) is 45.4 Å². The summed E-state index contributed by atoms with van der Waals surface area (Å²) in [5, 5.41) is 7.69. The van der Waals surface area contributed by atoms with E-state index in [0.29, 0.717) is 11.6 Å². The lowest BCUT2D eigenvalue weighted by Crippen LogP contribution is -2.47. The van der Waals surface area contributed by atoms with Crippen LogP contribution in [0.1, 0.15) is 58.7 Å². The summed E-state index contributed by atoms with van der Waals surface area (Å²) in [5.74, 6) is 1.34. The fourth-order valence-corrected chi connectivity index (χ4v) is 6.11. The summed E-state index contributed by atoms with van der Waals surface area (Å²) < 4.78 is 23.8. The maximum atomic E-state index is 12.9. The molecule has 1 aromatic rings. The van der Waals surface area contributed by atoms with Gasteiger partial charge in [0.25, 0.3) is 0 Å². The van der Waals surface area contributed by atoms with Gasteiger partial charge >= 0.3 is 0 Å². The maximum Gasteiger partial charge on any atom is 0.233 e. The Kier molecular flexibility index (Phi) is 5.67. The minimum atomic E-state index is -3.01. The number of sulfone groups is 1. The van der Waals surface area contributed by atoms with Crippen LogP contribution < -0.4 is 0 Å². The second-order valence-electron chi connectivity index (χ2n) is 8.30. The zero-order valence-electron chi connectivity index (χ0n) is 15.7. The third kappa shape index (κ3) is 4.60. The number of hydrogen-bond acceptors (Lipinski definition) is 6. The number of nitrogens with one attached hydrogen (secondary N) is 1. The van der Waals surface area contributed by atoms with Crippen LogP contribution in [0.25, 0.3) is 0 Å². The molecule has 1 aliphatic carbocycles. The van der Waals surface area contributed by atoms with Gasteiger partial charge in [0, 0.05) is 17.5 Å². The monoisotopic (exact) mass is 400 g/mol. The van der Waals surface area contributed by atoms with Crippen molar-refractivity contribution in [1.82, 2.24) is 20.1 Å². The Hall–Kier alpha value is -1.09. The average Bonchev–Trinajstić information content (AvgIpc) is 3.26. The van der Waals surface area contributed by atoms with Gasteiger partial charge in [0.05, 0.1) is 17.3 Å². The molecule has 3 rings (SSSR count). The van der Waals surface area contributed by atoms with E-state index in [4.69, 9.17) is 0 Å². The van der Waals surface area contributed by atoms with Gasteiger partial charge in [-0.05, 0) is 19.3 Å². The van der Waals surface area contributed by atoms with E-state index >= 15 is 0 Å². The molecule has 0 radical (unpaired) electrons. The Labute approximate surface area is 159 Å². The highest BCUT2D eigenvalue weighted by Gasteiger charge is 2.38. The maximum absolute atomic E-state index is 12.9. The van der Waals surface area contributed by atoms with Crippen LogP contribution in [-0.4, -0.2) is 63.7 Å². The quantitative estimate of drug-likeness (QED) is 0.761. The molecular weight excluding hydrogens is 372 g/mol. The predicted octanol–water partition coefficient (Wildman–Crippen LogP) is 2.15. The van der Waals surface area contributed by atoms with Gasteiger partial charge in [-0.2, -0.15) is 0 Å². The molecule has 9 heteroatoms. The Morgan fingerprint density at radius 3 is 2.46 bits per heavy atom. The number of hydrogen-bond donors (Lipinski definition) is 1. The zero-order chi connectivity index (χ0) is 18.9. The van der Waals surface area contributed by atoms with Crippen LogP contribution in [0.15, 0.2) is 5.16 Å². The second-order valence-corrected chi connectivity index (χ2v) is 11.5. The van der Waals surface area contributed by atoms with Crippen molar-refractivity contribution in [3.63, 3.8) is 0 Å². The molecule has 1 unspecified atom stereocenters. The van der Waals surface area contributed by atoms with Crippen molar-refractivity contribution in [2.24, 2.45) is 0 Å². The number of nitrogens with zero attached hydrogens (tertiary/aromatic N) is 3. The van der Waals surface area contributed by atoms with Crippen molar-refractivity contribution in [3.05, 3.63) is 5.82 Å². The van der Waals surface area contributed by atoms with Gasteiger partial charge in [-0.3, -0.25) is 9.89 Å². The van der Waals surface area contributed by atoms with Crippen molar-refractivity contribution in [1.29, 1.82) is 0 Å². The first-order valence-corrected chi connectivity index (χ1v) is 12.0. The molecule has 2 aliphatic rings. The van der Waals surface area contributed by atoms with E-state index in [1.807, 2.05) is 4.90 Å². The van der Waals surface area contributed by atoms with Crippen LogP contribution in [-0.2, 0) is 20.0 Å². The molecule has 2 fully saturated rings. The van der Waals surface area contributed by atoms with Gasteiger partial charge in [-0.25, -0.2) is 13.4 Å². The Morgan fingerprint density at radius 2 is 1.92 bits per heavy atom. The fraction of sp³-hybridized carbons (Fsp3) is 0.824. The molecule has 0 spiro atoms. The largest absolute Gasteiger partial charge is 0.335 e. The Morgan fingerprint density at radius 1 is 1.23 bits per heavy atom. The lowest BCUT2D eigenvalue weighted by Gasteiger charge is -2.34. The highest BCUT2D eigenvalue weighted by Crippen LogP contribution is 2.30. The van der Waals surface area contributed by atoms with Crippen LogP contribution in [0, 0.1) is 0 Å². The molecule has 1 saturated carbocycles. The minimum absolute atomic E-state index is 0.00566.